The smallest absolute Gasteiger partial charge is 0.189 e. The molecule has 2 aliphatic rings. The van der Waals surface area contributed by atoms with Gasteiger partial charge in [0.05, 0.1) is 0 Å². The molecule has 13 heavy (non-hydrogen) atoms. The Bertz CT molecular complexity index is 209. The topological polar surface area (TPSA) is 45.7 Å². The second-order valence-corrected chi connectivity index (χ2v) is 3.71. The third kappa shape index (κ3) is 1.84. The fourth-order valence-electron chi connectivity index (χ4n) is 1.82. The quantitative estimate of drug-likeness (QED) is 0.665. The Morgan fingerprint density at radius 3 is 2.92 bits per heavy atom. The lowest BCUT2D eigenvalue weighted by Gasteiger charge is -2.28. The van der Waals surface area contributed by atoms with Crippen molar-refractivity contribution in [2.75, 3.05) is 13.1 Å². The first-order valence-electron chi connectivity index (χ1n) is 5.08. The van der Waals surface area contributed by atoms with Crippen LogP contribution in [-0.4, -0.2) is 24.7 Å². The fraction of sp³-hybridized carbons (Fsp3) is 0.889. The molecule has 2 rings (SSSR count). The minimum Gasteiger partial charge on any atom is -0.316 e. The zero-order valence-electron chi connectivity index (χ0n) is 8.10. The van der Waals surface area contributed by atoms with Gasteiger partial charge in [0.1, 0.15) is 5.84 Å². The average molecular weight is 183 g/mol. The zero-order valence-corrected chi connectivity index (χ0v) is 8.10. The van der Waals surface area contributed by atoms with Gasteiger partial charge < -0.3 is 5.32 Å². The highest BCUT2D eigenvalue weighted by Crippen LogP contribution is 2.27. The van der Waals surface area contributed by atoms with Crippen molar-refractivity contribution in [2.24, 2.45) is 4.99 Å². The first kappa shape index (κ1) is 8.97. The van der Waals surface area contributed by atoms with E-state index in [9.17, 15) is 0 Å². The highest BCUT2D eigenvalue weighted by atomic mass is 16.7. The predicted molar refractivity (Wildman–Crippen MR) is 51.4 cm³/mol. The van der Waals surface area contributed by atoms with Crippen LogP contribution >= 0.6 is 0 Å². The maximum absolute atomic E-state index is 5.55. The van der Waals surface area contributed by atoms with E-state index in [0.717, 1.165) is 44.6 Å². The molecule has 0 aromatic rings. The van der Waals surface area contributed by atoms with Crippen LogP contribution in [0.4, 0.5) is 0 Å². The Balaban J connectivity index is 2.00. The van der Waals surface area contributed by atoms with E-state index in [4.69, 9.17) is 4.84 Å². The van der Waals surface area contributed by atoms with Crippen LogP contribution in [0.2, 0.25) is 0 Å². The number of aliphatic imine (C=N–C) groups is 1. The lowest BCUT2D eigenvalue weighted by molar-refractivity contribution is -0.0723. The average Bonchev–Trinajstić information content (AvgIpc) is 2.51. The van der Waals surface area contributed by atoms with Gasteiger partial charge in [-0.1, -0.05) is 6.92 Å². The van der Waals surface area contributed by atoms with Crippen molar-refractivity contribution in [3.05, 3.63) is 0 Å². The molecule has 2 heterocycles. The molecule has 74 valence electrons. The lowest BCUT2D eigenvalue weighted by Crippen LogP contribution is -2.41. The summed E-state index contributed by atoms with van der Waals surface area (Å²) in [6.45, 7) is 4.16. The summed E-state index contributed by atoms with van der Waals surface area (Å²) < 4.78 is 0. The maximum Gasteiger partial charge on any atom is 0.189 e. The normalized spacial score (nSPS) is 25.8. The number of nitrogens with zero attached hydrogens (tertiary/aromatic N) is 1. The van der Waals surface area contributed by atoms with Gasteiger partial charge in [-0.25, -0.2) is 9.83 Å². The number of nitrogens with one attached hydrogen (secondary N) is 2. The van der Waals surface area contributed by atoms with Crippen LogP contribution < -0.4 is 10.8 Å². The summed E-state index contributed by atoms with van der Waals surface area (Å²) in [6, 6.07) is 0. The molecule has 0 aliphatic carbocycles. The monoisotopic (exact) mass is 183 g/mol. The summed E-state index contributed by atoms with van der Waals surface area (Å²) in [5, 5.41) is 3.31. The Hall–Kier alpha value is -0.610. The number of hydroxylamine groups is 1. The highest BCUT2D eigenvalue weighted by molar-refractivity contribution is 5.82. The molecule has 0 saturated carbocycles. The lowest BCUT2D eigenvalue weighted by atomic mass is 10.0. The molecule has 0 aromatic heterocycles. The SMILES string of the molecule is CCCC1=NC2(CCNCC2)ON1. The van der Waals surface area contributed by atoms with E-state index in [0.29, 0.717) is 0 Å². The Labute approximate surface area is 78.7 Å². The third-order valence-electron chi connectivity index (χ3n) is 2.57. The molecule has 2 N–H and O–H groups in total. The fourth-order valence-corrected chi connectivity index (χ4v) is 1.82. The van der Waals surface area contributed by atoms with Gasteiger partial charge in [0, 0.05) is 19.3 Å². The van der Waals surface area contributed by atoms with Gasteiger partial charge in [-0.2, -0.15) is 0 Å². The van der Waals surface area contributed by atoms with Crippen molar-refractivity contribution in [1.82, 2.24) is 10.8 Å². The summed E-state index contributed by atoms with van der Waals surface area (Å²) in [5.74, 6) is 1.02. The first-order chi connectivity index (χ1) is 6.35. The van der Waals surface area contributed by atoms with Gasteiger partial charge in [0.15, 0.2) is 5.72 Å². The molecular weight excluding hydrogens is 166 g/mol. The second kappa shape index (κ2) is 3.64. The van der Waals surface area contributed by atoms with Crippen LogP contribution in [0.5, 0.6) is 0 Å². The molecule has 0 radical (unpaired) electrons. The molecule has 0 unspecified atom stereocenters. The standard InChI is InChI=1S/C9H17N3O/c1-2-3-8-11-9(13-12-8)4-6-10-7-5-9/h10H,2-7H2,1H3,(H,11,12). The number of hydrogen-bond acceptors (Lipinski definition) is 4. The van der Waals surface area contributed by atoms with Crippen LogP contribution in [0.25, 0.3) is 0 Å². The Kier molecular flexibility index (Phi) is 2.51. The molecule has 1 saturated heterocycles. The van der Waals surface area contributed by atoms with Crippen molar-refractivity contribution in [1.29, 1.82) is 0 Å². The number of piperidine rings is 1. The van der Waals surface area contributed by atoms with Crippen molar-refractivity contribution < 1.29 is 4.84 Å². The van der Waals surface area contributed by atoms with Crippen LogP contribution in [-0.2, 0) is 4.84 Å². The molecular formula is C9H17N3O. The zero-order chi connectivity index (χ0) is 9.15. The summed E-state index contributed by atoms with van der Waals surface area (Å²) in [6.07, 6.45) is 4.07. The second-order valence-electron chi connectivity index (χ2n) is 3.71. The van der Waals surface area contributed by atoms with Gasteiger partial charge in [0.2, 0.25) is 0 Å². The van der Waals surface area contributed by atoms with Crippen molar-refractivity contribution in [2.45, 2.75) is 38.3 Å². The minimum absolute atomic E-state index is 0.240. The van der Waals surface area contributed by atoms with E-state index in [2.05, 4.69) is 22.7 Å². The van der Waals surface area contributed by atoms with E-state index >= 15 is 0 Å². The van der Waals surface area contributed by atoms with Gasteiger partial charge >= 0.3 is 0 Å². The molecule has 0 bridgehead atoms. The van der Waals surface area contributed by atoms with E-state index < -0.39 is 0 Å². The van der Waals surface area contributed by atoms with Gasteiger partial charge in [-0.3, -0.25) is 5.48 Å². The van der Waals surface area contributed by atoms with E-state index in [1.54, 1.807) is 0 Å². The van der Waals surface area contributed by atoms with E-state index in [1.165, 1.54) is 0 Å². The van der Waals surface area contributed by atoms with Crippen LogP contribution in [0.15, 0.2) is 4.99 Å². The van der Waals surface area contributed by atoms with Gasteiger partial charge in [-0.15, -0.1) is 0 Å². The van der Waals surface area contributed by atoms with Crippen molar-refractivity contribution in [3.63, 3.8) is 0 Å². The van der Waals surface area contributed by atoms with Crippen LogP contribution in [0.1, 0.15) is 32.6 Å². The third-order valence-corrected chi connectivity index (χ3v) is 2.57. The number of rotatable bonds is 2. The molecule has 4 heteroatoms. The maximum atomic E-state index is 5.55. The van der Waals surface area contributed by atoms with E-state index in [-0.39, 0.29) is 5.72 Å². The number of hydrogen-bond donors (Lipinski definition) is 2. The predicted octanol–water partition coefficient (Wildman–Crippen LogP) is 0.799. The molecule has 0 amide bonds. The van der Waals surface area contributed by atoms with E-state index in [1.807, 2.05) is 0 Å². The Morgan fingerprint density at radius 2 is 2.23 bits per heavy atom. The molecule has 4 nitrogen and oxygen atoms in total. The summed E-state index contributed by atoms with van der Waals surface area (Å²) in [5.41, 5.74) is 2.70. The summed E-state index contributed by atoms with van der Waals surface area (Å²) in [7, 11) is 0. The molecule has 0 atom stereocenters. The first-order valence-corrected chi connectivity index (χ1v) is 5.08. The van der Waals surface area contributed by atoms with Crippen molar-refractivity contribution >= 4 is 5.84 Å². The number of amidine groups is 1. The van der Waals surface area contributed by atoms with Crippen molar-refractivity contribution in [3.8, 4) is 0 Å². The molecule has 2 aliphatic heterocycles. The largest absolute Gasteiger partial charge is 0.316 e. The minimum atomic E-state index is -0.240. The molecule has 1 fully saturated rings. The molecule has 0 aromatic carbocycles. The van der Waals surface area contributed by atoms with Gasteiger partial charge in [-0.05, 0) is 19.5 Å². The van der Waals surface area contributed by atoms with Gasteiger partial charge in [0.25, 0.3) is 0 Å². The highest BCUT2D eigenvalue weighted by Gasteiger charge is 2.37. The summed E-state index contributed by atoms with van der Waals surface area (Å²) >= 11 is 0. The summed E-state index contributed by atoms with van der Waals surface area (Å²) in [4.78, 5) is 10.2. The van der Waals surface area contributed by atoms with Crippen LogP contribution in [0.3, 0.4) is 0 Å². The van der Waals surface area contributed by atoms with Crippen LogP contribution in [0, 0.1) is 0 Å². The molecule has 1 spiro atoms. The Morgan fingerprint density at radius 1 is 1.46 bits per heavy atom.